The quantitative estimate of drug-likeness (QED) is 0.857. The van der Waals surface area contributed by atoms with E-state index >= 15 is 0 Å². The molecular formula is C13H13ClF2O4S. The van der Waals surface area contributed by atoms with Crippen LogP contribution >= 0.6 is 11.6 Å². The van der Waals surface area contributed by atoms with Crippen LogP contribution in [0.15, 0.2) is 23.1 Å². The minimum Gasteiger partial charge on any atom is -0.481 e. The maximum atomic E-state index is 13.0. The summed E-state index contributed by atoms with van der Waals surface area (Å²) >= 11 is 5.75. The Balaban J connectivity index is 2.35. The largest absolute Gasteiger partial charge is 0.481 e. The zero-order valence-corrected chi connectivity index (χ0v) is 12.4. The second-order valence-electron chi connectivity index (χ2n) is 5.07. The summed E-state index contributed by atoms with van der Waals surface area (Å²) in [6.07, 6.45) is -0.247. The first-order valence-electron chi connectivity index (χ1n) is 6.25. The van der Waals surface area contributed by atoms with Gasteiger partial charge in [-0.25, -0.2) is 12.8 Å². The van der Waals surface area contributed by atoms with Crippen molar-refractivity contribution in [2.24, 2.45) is 11.8 Å². The van der Waals surface area contributed by atoms with Crippen LogP contribution in [-0.4, -0.2) is 31.4 Å². The fourth-order valence-electron chi connectivity index (χ4n) is 2.69. The van der Waals surface area contributed by atoms with Gasteiger partial charge in [-0.15, -0.1) is 0 Å². The molecule has 8 heteroatoms. The molecule has 0 bridgehead atoms. The Labute approximate surface area is 125 Å². The summed E-state index contributed by atoms with van der Waals surface area (Å²) in [6.45, 7) is -0.889. The molecule has 4 nitrogen and oxygen atoms in total. The summed E-state index contributed by atoms with van der Waals surface area (Å²) in [5.41, 5.74) is 0. The van der Waals surface area contributed by atoms with Gasteiger partial charge in [0.25, 0.3) is 0 Å². The third-order valence-corrected chi connectivity index (χ3v) is 6.46. The van der Waals surface area contributed by atoms with Crippen LogP contribution in [0, 0.1) is 17.7 Å². The van der Waals surface area contributed by atoms with Crippen molar-refractivity contribution < 1.29 is 27.1 Å². The number of benzene rings is 1. The molecule has 0 radical (unpaired) electrons. The molecule has 0 aliphatic heterocycles. The van der Waals surface area contributed by atoms with Crippen molar-refractivity contribution in [1.29, 1.82) is 0 Å². The zero-order valence-electron chi connectivity index (χ0n) is 10.8. The first kappa shape index (κ1) is 16.2. The molecule has 0 unspecified atom stereocenters. The molecule has 1 aromatic carbocycles. The topological polar surface area (TPSA) is 71.4 Å². The monoisotopic (exact) mass is 338 g/mol. The molecule has 116 valence electrons. The second-order valence-corrected chi connectivity index (χ2v) is 7.68. The molecule has 1 aliphatic carbocycles. The van der Waals surface area contributed by atoms with E-state index in [1.165, 1.54) is 0 Å². The lowest BCUT2D eigenvalue weighted by Crippen LogP contribution is -2.20. The summed E-state index contributed by atoms with van der Waals surface area (Å²) in [5, 5.41) is 7.74. The van der Waals surface area contributed by atoms with Gasteiger partial charge in [-0.1, -0.05) is 11.6 Å². The highest BCUT2D eigenvalue weighted by Crippen LogP contribution is 2.40. The van der Waals surface area contributed by atoms with Crippen LogP contribution in [0.4, 0.5) is 8.78 Å². The number of carbonyl (C=O) groups is 1. The molecule has 0 aromatic heterocycles. The smallest absolute Gasteiger partial charge is 0.306 e. The molecule has 1 N–H and O–H groups in total. The Bertz CT molecular complexity index is 662. The van der Waals surface area contributed by atoms with E-state index in [1.807, 2.05) is 0 Å². The average Bonchev–Trinajstić information content (AvgIpc) is 2.83. The fraction of sp³-hybridized carbons (Fsp3) is 0.462. The Hall–Kier alpha value is -1.21. The highest BCUT2D eigenvalue weighted by molar-refractivity contribution is 7.92. The van der Waals surface area contributed by atoms with E-state index in [2.05, 4.69) is 0 Å². The molecule has 1 fully saturated rings. The van der Waals surface area contributed by atoms with Crippen LogP contribution in [0.1, 0.15) is 12.8 Å². The van der Waals surface area contributed by atoms with Gasteiger partial charge in [0.2, 0.25) is 0 Å². The van der Waals surface area contributed by atoms with E-state index in [1.54, 1.807) is 0 Å². The van der Waals surface area contributed by atoms with Gasteiger partial charge in [0, 0.05) is 5.92 Å². The maximum absolute atomic E-state index is 13.0. The number of sulfone groups is 1. The molecule has 0 spiro atoms. The minimum atomic E-state index is -3.92. The summed E-state index contributed by atoms with van der Waals surface area (Å²) in [7, 11) is -3.92. The summed E-state index contributed by atoms with van der Waals surface area (Å²) in [6, 6.07) is 2.89. The predicted octanol–water partition coefficient (Wildman–Crippen LogP) is 2.70. The lowest BCUT2D eigenvalue weighted by atomic mass is 9.98. The first-order chi connectivity index (χ1) is 9.77. The van der Waals surface area contributed by atoms with Gasteiger partial charge < -0.3 is 5.11 Å². The molecule has 21 heavy (non-hydrogen) atoms. The first-order valence-corrected chi connectivity index (χ1v) is 8.17. The molecule has 1 aliphatic rings. The fourth-order valence-corrected chi connectivity index (χ4v) is 5.08. The Morgan fingerprint density at radius 1 is 1.38 bits per heavy atom. The maximum Gasteiger partial charge on any atom is 0.306 e. The van der Waals surface area contributed by atoms with Crippen molar-refractivity contribution in [3.05, 3.63) is 29.0 Å². The van der Waals surface area contributed by atoms with Crippen molar-refractivity contribution in [3.63, 3.8) is 0 Å². The number of carboxylic acid groups (broad SMARTS) is 1. The number of halogens is 3. The minimum absolute atomic E-state index is 0.0799. The molecule has 2 rings (SSSR count). The lowest BCUT2D eigenvalue weighted by molar-refractivity contribution is -0.143. The van der Waals surface area contributed by atoms with Gasteiger partial charge in [0.1, 0.15) is 5.82 Å². The number of carboxylic acids is 1. The van der Waals surface area contributed by atoms with Gasteiger partial charge in [-0.05, 0) is 31.0 Å². The molecule has 0 amide bonds. The average molecular weight is 339 g/mol. The standard InChI is InChI=1S/C13H13ClF2O4S/c14-11-4-8(16)1-2-12(11)21(19,20)9-3-7(6-15)10(5-9)13(17)18/h1-2,4,7,9-10H,3,5-6H2,(H,17,18)/t7-,9-,10+/m0/s1. The Morgan fingerprint density at radius 2 is 2.05 bits per heavy atom. The van der Waals surface area contributed by atoms with Crippen molar-refractivity contribution in [1.82, 2.24) is 0 Å². The number of alkyl halides is 1. The van der Waals surface area contributed by atoms with Gasteiger partial charge >= 0.3 is 5.97 Å². The zero-order chi connectivity index (χ0) is 15.8. The van der Waals surface area contributed by atoms with Crippen LogP contribution in [0.25, 0.3) is 0 Å². The van der Waals surface area contributed by atoms with Gasteiger partial charge in [0.15, 0.2) is 9.84 Å². The molecule has 3 atom stereocenters. The molecule has 1 aromatic rings. The van der Waals surface area contributed by atoms with Gasteiger partial charge in [-0.2, -0.15) is 0 Å². The van der Waals surface area contributed by atoms with E-state index in [0.29, 0.717) is 0 Å². The van der Waals surface area contributed by atoms with Crippen molar-refractivity contribution in [2.75, 3.05) is 6.67 Å². The normalized spacial score (nSPS) is 26.0. The van der Waals surface area contributed by atoms with Crippen LogP contribution in [0.5, 0.6) is 0 Å². The van der Waals surface area contributed by atoms with Crippen LogP contribution in [0.2, 0.25) is 5.02 Å². The van der Waals surface area contributed by atoms with Crippen LogP contribution < -0.4 is 0 Å². The van der Waals surface area contributed by atoms with Gasteiger partial charge in [-0.3, -0.25) is 9.18 Å². The van der Waals surface area contributed by atoms with E-state index < -0.39 is 45.4 Å². The Kier molecular flexibility index (Phi) is 4.53. The summed E-state index contributed by atoms with van der Waals surface area (Å²) in [4.78, 5) is 10.8. The predicted molar refractivity (Wildman–Crippen MR) is 72.2 cm³/mol. The molecular weight excluding hydrogens is 326 g/mol. The number of rotatable bonds is 4. The summed E-state index contributed by atoms with van der Waals surface area (Å²) in [5.74, 6) is -3.74. The molecule has 0 heterocycles. The lowest BCUT2D eigenvalue weighted by Gasteiger charge is -2.13. The van der Waals surface area contributed by atoms with E-state index in [-0.39, 0.29) is 22.8 Å². The Morgan fingerprint density at radius 3 is 2.52 bits per heavy atom. The molecule has 0 saturated heterocycles. The third-order valence-electron chi connectivity index (χ3n) is 3.81. The summed E-state index contributed by atoms with van der Waals surface area (Å²) < 4.78 is 50.8. The third kappa shape index (κ3) is 3.03. The van der Waals surface area contributed by atoms with Crippen molar-refractivity contribution in [3.8, 4) is 0 Å². The highest BCUT2D eigenvalue weighted by Gasteiger charge is 2.45. The van der Waals surface area contributed by atoms with Crippen molar-refractivity contribution >= 4 is 27.4 Å². The van der Waals surface area contributed by atoms with Gasteiger partial charge in [0.05, 0.1) is 27.8 Å². The van der Waals surface area contributed by atoms with Crippen LogP contribution in [0.3, 0.4) is 0 Å². The van der Waals surface area contributed by atoms with E-state index in [0.717, 1.165) is 18.2 Å². The number of aliphatic carboxylic acids is 1. The van der Waals surface area contributed by atoms with E-state index in [9.17, 15) is 22.0 Å². The number of hydrogen-bond donors (Lipinski definition) is 1. The number of hydrogen-bond acceptors (Lipinski definition) is 3. The molecule has 1 saturated carbocycles. The highest BCUT2D eigenvalue weighted by atomic mass is 35.5. The van der Waals surface area contributed by atoms with Crippen molar-refractivity contribution in [2.45, 2.75) is 23.0 Å². The van der Waals surface area contributed by atoms with Crippen LogP contribution in [-0.2, 0) is 14.6 Å². The SMILES string of the molecule is O=C(O)[C@@H]1C[C@@H](S(=O)(=O)c2ccc(F)cc2Cl)C[C@H]1CF. The van der Waals surface area contributed by atoms with E-state index in [4.69, 9.17) is 16.7 Å². The second kappa shape index (κ2) is 5.88.